The molecule has 1 atom stereocenters. The largest absolute Gasteiger partial charge is 0.506 e. The van der Waals surface area contributed by atoms with Crippen LogP contribution in [0.3, 0.4) is 0 Å². The molecule has 0 fully saturated rings. The van der Waals surface area contributed by atoms with Crippen LogP contribution < -0.4 is 0 Å². The zero-order valence-corrected chi connectivity index (χ0v) is 13.8. The minimum atomic E-state index is 0.258. The first-order valence-electron chi connectivity index (χ1n) is 5.70. The highest BCUT2D eigenvalue weighted by Crippen LogP contribution is 2.33. The molecule has 1 aromatic carbocycles. The topological polar surface area (TPSA) is 23.5 Å². The van der Waals surface area contributed by atoms with Crippen molar-refractivity contribution in [2.75, 3.05) is 7.05 Å². The third-order valence-corrected chi connectivity index (χ3v) is 4.38. The fourth-order valence-electron chi connectivity index (χ4n) is 1.65. The van der Waals surface area contributed by atoms with Crippen LogP contribution in [0.4, 0.5) is 0 Å². The Morgan fingerprint density at radius 2 is 1.65 bits per heavy atom. The highest BCUT2D eigenvalue weighted by atomic mass is 79.9. The first-order chi connectivity index (χ1) is 7.82. The molecule has 1 aromatic rings. The first-order valence-corrected chi connectivity index (χ1v) is 7.28. The van der Waals surface area contributed by atoms with Crippen LogP contribution in [0.25, 0.3) is 0 Å². The van der Waals surface area contributed by atoms with Crippen LogP contribution >= 0.6 is 31.9 Å². The lowest BCUT2D eigenvalue weighted by Crippen LogP contribution is -2.32. The Bertz CT molecular complexity index is 370. The van der Waals surface area contributed by atoms with Gasteiger partial charge in [0, 0.05) is 12.6 Å². The van der Waals surface area contributed by atoms with Gasteiger partial charge in [-0.3, -0.25) is 4.90 Å². The summed E-state index contributed by atoms with van der Waals surface area (Å²) in [5, 5.41) is 9.65. The van der Waals surface area contributed by atoms with Crippen LogP contribution in [0.15, 0.2) is 21.1 Å². The lowest BCUT2D eigenvalue weighted by Gasteiger charge is -2.28. The second kappa shape index (κ2) is 6.21. The first kappa shape index (κ1) is 15.0. The molecule has 17 heavy (non-hydrogen) atoms. The van der Waals surface area contributed by atoms with Gasteiger partial charge < -0.3 is 5.11 Å². The van der Waals surface area contributed by atoms with Crippen LogP contribution in [-0.4, -0.2) is 23.1 Å². The molecule has 4 heteroatoms. The van der Waals surface area contributed by atoms with E-state index in [1.54, 1.807) is 0 Å². The Hall–Kier alpha value is -0.0600. The van der Waals surface area contributed by atoms with Gasteiger partial charge in [-0.25, -0.2) is 0 Å². The zero-order chi connectivity index (χ0) is 13.2. The number of hydrogen-bond acceptors (Lipinski definition) is 2. The normalized spacial score (nSPS) is 13.4. The van der Waals surface area contributed by atoms with Gasteiger partial charge in [-0.2, -0.15) is 0 Å². The van der Waals surface area contributed by atoms with Crippen molar-refractivity contribution in [1.29, 1.82) is 0 Å². The Kier molecular flexibility index (Phi) is 5.48. The summed E-state index contributed by atoms with van der Waals surface area (Å²) in [5.74, 6) is 0.886. The fraction of sp³-hybridized carbons (Fsp3) is 0.538. The van der Waals surface area contributed by atoms with Crippen molar-refractivity contribution in [3.05, 3.63) is 26.6 Å². The zero-order valence-electron chi connectivity index (χ0n) is 10.7. The van der Waals surface area contributed by atoms with Gasteiger partial charge in [0.2, 0.25) is 0 Å². The maximum Gasteiger partial charge on any atom is 0.143 e. The van der Waals surface area contributed by atoms with E-state index in [1.165, 1.54) is 5.56 Å². The molecule has 2 nitrogen and oxygen atoms in total. The summed E-state index contributed by atoms with van der Waals surface area (Å²) < 4.78 is 1.46. The van der Waals surface area contributed by atoms with Crippen LogP contribution in [-0.2, 0) is 6.54 Å². The van der Waals surface area contributed by atoms with E-state index in [9.17, 15) is 5.11 Å². The van der Waals surface area contributed by atoms with E-state index in [0.29, 0.717) is 12.0 Å². The minimum Gasteiger partial charge on any atom is -0.506 e. The highest BCUT2D eigenvalue weighted by Gasteiger charge is 2.14. The quantitative estimate of drug-likeness (QED) is 0.856. The van der Waals surface area contributed by atoms with Gasteiger partial charge in [0.25, 0.3) is 0 Å². The summed E-state index contributed by atoms with van der Waals surface area (Å²) in [4.78, 5) is 2.32. The Morgan fingerprint density at radius 3 is 2.06 bits per heavy atom. The maximum atomic E-state index is 9.65. The molecule has 1 rings (SSSR count). The molecular formula is C13H19Br2NO. The van der Waals surface area contributed by atoms with E-state index < -0.39 is 0 Å². The predicted molar refractivity (Wildman–Crippen MR) is 79.3 cm³/mol. The lowest BCUT2D eigenvalue weighted by molar-refractivity contribution is 0.200. The standard InChI is InChI=1S/C13H19Br2NO/c1-8(2)9(3)16(4)7-10-5-11(14)13(17)12(15)6-10/h5-6,8-9,17H,7H2,1-4H3. The van der Waals surface area contributed by atoms with Crippen LogP contribution in [0.2, 0.25) is 0 Å². The summed E-state index contributed by atoms with van der Waals surface area (Å²) >= 11 is 6.71. The third-order valence-electron chi connectivity index (χ3n) is 3.17. The van der Waals surface area contributed by atoms with E-state index in [0.717, 1.165) is 15.5 Å². The monoisotopic (exact) mass is 363 g/mol. The molecule has 0 aromatic heterocycles. The summed E-state index contributed by atoms with van der Waals surface area (Å²) in [7, 11) is 2.12. The van der Waals surface area contributed by atoms with Gasteiger partial charge in [-0.15, -0.1) is 0 Å². The third kappa shape index (κ3) is 3.97. The van der Waals surface area contributed by atoms with Crippen LogP contribution in [0.5, 0.6) is 5.75 Å². The molecule has 0 amide bonds. The molecule has 0 aliphatic carbocycles. The van der Waals surface area contributed by atoms with Crippen molar-refractivity contribution in [2.24, 2.45) is 5.92 Å². The number of phenolic OH excluding ortho intramolecular Hbond substituents is 1. The van der Waals surface area contributed by atoms with Gasteiger partial charge in [-0.1, -0.05) is 13.8 Å². The average molecular weight is 365 g/mol. The number of nitrogens with zero attached hydrogens (tertiary/aromatic N) is 1. The van der Waals surface area contributed by atoms with E-state index >= 15 is 0 Å². The summed E-state index contributed by atoms with van der Waals surface area (Å²) in [6.45, 7) is 7.56. The fourth-order valence-corrected chi connectivity index (χ4v) is 2.93. The molecule has 0 saturated heterocycles. The van der Waals surface area contributed by atoms with Crippen molar-refractivity contribution < 1.29 is 5.11 Å². The Morgan fingerprint density at radius 1 is 1.18 bits per heavy atom. The molecule has 1 N–H and O–H groups in total. The smallest absolute Gasteiger partial charge is 0.143 e. The van der Waals surface area contributed by atoms with E-state index in [4.69, 9.17) is 0 Å². The van der Waals surface area contributed by atoms with Gasteiger partial charge >= 0.3 is 0 Å². The molecule has 1 unspecified atom stereocenters. The number of rotatable bonds is 4. The summed E-state index contributed by atoms with van der Waals surface area (Å²) in [6.07, 6.45) is 0. The summed E-state index contributed by atoms with van der Waals surface area (Å²) in [6, 6.07) is 4.45. The van der Waals surface area contributed by atoms with Gasteiger partial charge in [-0.05, 0) is 69.4 Å². The lowest BCUT2D eigenvalue weighted by atomic mass is 10.0. The second-order valence-corrected chi connectivity index (χ2v) is 6.52. The Labute approximate surface area is 120 Å². The van der Waals surface area contributed by atoms with Crippen LogP contribution in [0, 0.1) is 5.92 Å². The van der Waals surface area contributed by atoms with Crippen molar-refractivity contribution in [3.63, 3.8) is 0 Å². The van der Waals surface area contributed by atoms with Crippen molar-refractivity contribution in [1.82, 2.24) is 4.90 Å². The predicted octanol–water partition coefficient (Wildman–Crippen LogP) is 4.39. The second-order valence-electron chi connectivity index (χ2n) is 4.81. The maximum absolute atomic E-state index is 9.65. The molecular weight excluding hydrogens is 346 g/mol. The van der Waals surface area contributed by atoms with Crippen molar-refractivity contribution >= 4 is 31.9 Å². The van der Waals surface area contributed by atoms with Gasteiger partial charge in [0.1, 0.15) is 5.75 Å². The summed E-state index contributed by atoms with van der Waals surface area (Å²) in [5.41, 5.74) is 1.18. The highest BCUT2D eigenvalue weighted by molar-refractivity contribution is 9.11. The molecule has 0 spiro atoms. The SMILES string of the molecule is CC(C)C(C)N(C)Cc1cc(Br)c(O)c(Br)c1. The van der Waals surface area contributed by atoms with E-state index in [2.05, 4.69) is 64.6 Å². The molecule has 0 heterocycles. The molecule has 0 radical (unpaired) electrons. The number of halogens is 2. The van der Waals surface area contributed by atoms with Crippen molar-refractivity contribution in [2.45, 2.75) is 33.4 Å². The molecule has 0 aliphatic rings. The minimum absolute atomic E-state index is 0.258. The van der Waals surface area contributed by atoms with Gasteiger partial charge in [0.15, 0.2) is 0 Å². The van der Waals surface area contributed by atoms with Gasteiger partial charge in [0.05, 0.1) is 8.95 Å². The number of phenols is 1. The van der Waals surface area contributed by atoms with E-state index in [1.807, 2.05) is 12.1 Å². The number of hydrogen-bond donors (Lipinski definition) is 1. The average Bonchev–Trinajstić information content (AvgIpc) is 2.24. The molecule has 0 bridgehead atoms. The molecule has 0 aliphatic heterocycles. The van der Waals surface area contributed by atoms with E-state index in [-0.39, 0.29) is 5.75 Å². The number of benzene rings is 1. The number of aromatic hydroxyl groups is 1. The van der Waals surface area contributed by atoms with Crippen LogP contribution in [0.1, 0.15) is 26.3 Å². The molecule has 96 valence electrons. The van der Waals surface area contributed by atoms with Crippen molar-refractivity contribution in [3.8, 4) is 5.75 Å². The Balaban J connectivity index is 2.82. The molecule has 0 saturated carbocycles.